The van der Waals surface area contributed by atoms with E-state index in [1.54, 1.807) is 6.92 Å². The van der Waals surface area contributed by atoms with Gasteiger partial charge in [-0.05, 0) is 37.3 Å². The largest absolute Gasteiger partial charge is 0.316 e. The molecule has 1 aromatic carbocycles. The van der Waals surface area contributed by atoms with Crippen LogP contribution in [-0.4, -0.2) is 33.0 Å². The van der Waals surface area contributed by atoms with Gasteiger partial charge in [-0.1, -0.05) is 50.6 Å². The van der Waals surface area contributed by atoms with E-state index in [0.29, 0.717) is 12.3 Å². The maximum atomic E-state index is 11.8. The first-order valence-electron chi connectivity index (χ1n) is 7.81. The predicted molar refractivity (Wildman–Crippen MR) is 90.6 cm³/mol. The summed E-state index contributed by atoms with van der Waals surface area (Å²) in [6.07, 6.45) is 0.685. The zero-order valence-corrected chi connectivity index (χ0v) is 14.5. The molecule has 1 atom stereocenters. The molecule has 1 unspecified atom stereocenters. The minimum absolute atomic E-state index is 0.229. The molecule has 0 aliphatic heterocycles. The van der Waals surface area contributed by atoms with Crippen molar-refractivity contribution in [2.24, 2.45) is 5.92 Å². The molecule has 0 bridgehead atoms. The standard InChI is InChI=1S/C17H29NO2S/c1-5-21(19,20)11-10-17(13-18-12-14(2)3)16-8-6-15(4)7-9-16/h6-9,14,17-18H,5,10-13H2,1-4H3. The van der Waals surface area contributed by atoms with E-state index in [4.69, 9.17) is 0 Å². The van der Waals surface area contributed by atoms with Crippen LogP contribution in [0.5, 0.6) is 0 Å². The fourth-order valence-corrected chi connectivity index (χ4v) is 3.17. The Morgan fingerprint density at radius 1 is 1.10 bits per heavy atom. The Hall–Kier alpha value is -0.870. The quantitative estimate of drug-likeness (QED) is 0.762. The van der Waals surface area contributed by atoms with Crippen LogP contribution >= 0.6 is 0 Å². The summed E-state index contributed by atoms with van der Waals surface area (Å²) >= 11 is 0. The second-order valence-corrected chi connectivity index (χ2v) is 8.66. The van der Waals surface area contributed by atoms with Gasteiger partial charge in [-0.3, -0.25) is 0 Å². The summed E-state index contributed by atoms with van der Waals surface area (Å²) in [7, 11) is -2.90. The molecule has 0 amide bonds. The molecular weight excluding hydrogens is 282 g/mol. The monoisotopic (exact) mass is 311 g/mol. The Balaban J connectivity index is 2.72. The number of hydrogen-bond donors (Lipinski definition) is 1. The second kappa shape index (κ2) is 8.54. The predicted octanol–water partition coefficient (Wildman–Crippen LogP) is 3.15. The van der Waals surface area contributed by atoms with Gasteiger partial charge in [-0.25, -0.2) is 8.42 Å². The van der Waals surface area contributed by atoms with Crippen LogP contribution in [0.2, 0.25) is 0 Å². The Bertz CT molecular complexity index is 506. The average Bonchev–Trinajstić information content (AvgIpc) is 2.43. The zero-order valence-electron chi connectivity index (χ0n) is 13.7. The van der Waals surface area contributed by atoms with Crippen molar-refractivity contribution in [1.29, 1.82) is 0 Å². The molecule has 120 valence electrons. The van der Waals surface area contributed by atoms with E-state index in [2.05, 4.69) is 50.4 Å². The number of nitrogens with one attached hydrogen (secondary N) is 1. The molecule has 0 heterocycles. The number of rotatable bonds is 9. The summed E-state index contributed by atoms with van der Waals surface area (Å²) in [5.74, 6) is 1.35. The highest BCUT2D eigenvalue weighted by Crippen LogP contribution is 2.20. The van der Waals surface area contributed by atoms with Gasteiger partial charge in [0.15, 0.2) is 0 Å². The topological polar surface area (TPSA) is 46.2 Å². The average molecular weight is 311 g/mol. The van der Waals surface area contributed by atoms with E-state index in [1.165, 1.54) is 11.1 Å². The lowest BCUT2D eigenvalue weighted by atomic mass is 9.95. The smallest absolute Gasteiger partial charge is 0.150 e. The SMILES string of the molecule is CCS(=O)(=O)CCC(CNCC(C)C)c1ccc(C)cc1. The first-order valence-corrected chi connectivity index (χ1v) is 9.64. The summed E-state index contributed by atoms with van der Waals surface area (Å²) in [5.41, 5.74) is 2.46. The van der Waals surface area contributed by atoms with Crippen LogP contribution in [-0.2, 0) is 9.84 Å². The molecule has 0 aromatic heterocycles. The van der Waals surface area contributed by atoms with Gasteiger partial charge in [-0.15, -0.1) is 0 Å². The molecule has 0 saturated carbocycles. The van der Waals surface area contributed by atoms with Crippen molar-refractivity contribution in [3.8, 4) is 0 Å². The summed E-state index contributed by atoms with van der Waals surface area (Å²) in [4.78, 5) is 0. The third-order valence-electron chi connectivity index (χ3n) is 3.71. The molecule has 3 nitrogen and oxygen atoms in total. The minimum Gasteiger partial charge on any atom is -0.316 e. The van der Waals surface area contributed by atoms with Crippen molar-refractivity contribution in [3.05, 3.63) is 35.4 Å². The maximum absolute atomic E-state index is 11.8. The van der Waals surface area contributed by atoms with E-state index in [-0.39, 0.29) is 17.4 Å². The highest BCUT2D eigenvalue weighted by atomic mass is 32.2. The summed E-state index contributed by atoms with van der Waals surface area (Å²) < 4.78 is 23.5. The molecule has 0 aliphatic rings. The van der Waals surface area contributed by atoms with Crippen LogP contribution in [0, 0.1) is 12.8 Å². The van der Waals surface area contributed by atoms with Crippen molar-refractivity contribution >= 4 is 9.84 Å². The van der Waals surface area contributed by atoms with Crippen LogP contribution in [0.1, 0.15) is 44.2 Å². The third kappa shape index (κ3) is 7.09. The highest BCUT2D eigenvalue weighted by molar-refractivity contribution is 7.91. The van der Waals surface area contributed by atoms with E-state index >= 15 is 0 Å². The molecule has 4 heteroatoms. The van der Waals surface area contributed by atoms with E-state index in [1.807, 2.05) is 0 Å². The van der Waals surface area contributed by atoms with Crippen LogP contribution in [0.15, 0.2) is 24.3 Å². The lowest BCUT2D eigenvalue weighted by Gasteiger charge is -2.19. The first-order chi connectivity index (χ1) is 9.84. The summed E-state index contributed by atoms with van der Waals surface area (Å²) in [6, 6.07) is 8.43. The normalized spacial score (nSPS) is 13.6. The lowest BCUT2D eigenvalue weighted by molar-refractivity contribution is 0.507. The van der Waals surface area contributed by atoms with Gasteiger partial charge in [0.05, 0.1) is 5.75 Å². The molecule has 21 heavy (non-hydrogen) atoms. The second-order valence-electron chi connectivity index (χ2n) is 6.18. The molecule has 0 radical (unpaired) electrons. The third-order valence-corrected chi connectivity index (χ3v) is 5.45. The first kappa shape index (κ1) is 18.2. The molecule has 1 rings (SSSR count). The fraction of sp³-hybridized carbons (Fsp3) is 0.647. The number of aryl methyl sites for hydroxylation is 1. The van der Waals surface area contributed by atoms with Crippen molar-refractivity contribution in [3.63, 3.8) is 0 Å². The fourth-order valence-electron chi connectivity index (χ4n) is 2.24. The number of sulfone groups is 1. The van der Waals surface area contributed by atoms with Crippen LogP contribution in [0.4, 0.5) is 0 Å². The minimum atomic E-state index is -2.90. The Kier molecular flexibility index (Phi) is 7.40. The van der Waals surface area contributed by atoms with Crippen molar-refractivity contribution in [2.75, 3.05) is 24.6 Å². The van der Waals surface area contributed by atoms with Gasteiger partial charge >= 0.3 is 0 Å². The van der Waals surface area contributed by atoms with E-state index < -0.39 is 9.84 Å². The van der Waals surface area contributed by atoms with Crippen molar-refractivity contribution < 1.29 is 8.42 Å². The van der Waals surface area contributed by atoms with Gasteiger partial charge < -0.3 is 5.32 Å². The van der Waals surface area contributed by atoms with Gasteiger partial charge in [-0.2, -0.15) is 0 Å². The van der Waals surface area contributed by atoms with E-state index in [9.17, 15) is 8.42 Å². The number of benzene rings is 1. The lowest BCUT2D eigenvalue weighted by Crippen LogP contribution is -2.27. The Morgan fingerprint density at radius 3 is 2.24 bits per heavy atom. The van der Waals surface area contributed by atoms with Gasteiger partial charge in [0.25, 0.3) is 0 Å². The molecule has 0 aliphatic carbocycles. The van der Waals surface area contributed by atoms with Crippen LogP contribution < -0.4 is 5.32 Å². The molecule has 0 fully saturated rings. The van der Waals surface area contributed by atoms with E-state index in [0.717, 1.165) is 13.1 Å². The number of hydrogen-bond acceptors (Lipinski definition) is 3. The van der Waals surface area contributed by atoms with Gasteiger partial charge in [0.2, 0.25) is 0 Å². The molecule has 1 aromatic rings. The van der Waals surface area contributed by atoms with Crippen molar-refractivity contribution in [2.45, 2.75) is 40.0 Å². The summed E-state index contributed by atoms with van der Waals surface area (Å²) in [6.45, 7) is 9.93. The summed E-state index contributed by atoms with van der Waals surface area (Å²) in [5, 5.41) is 3.46. The van der Waals surface area contributed by atoms with Crippen LogP contribution in [0.3, 0.4) is 0 Å². The maximum Gasteiger partial charge on any atom is 0.150 e. The molecular formula is C17H29NO2S. The molecule has 1 N–H and O–H groups in total. The van der Waals surface area contributed by atoms with Gasteiger partial charge in [0, 0.05) is 12.3 Å². The zero-order chi connectivity index (χ0) is 15.9. The molecule has 0 saturated heterocycles. The Labute approximate surface area is 130 Å². The Morgan fingerprint density at radius 2 is 1.71 bits per heavy atom. The van der Waals surface area contributed by atoms with Crippen molar-refractivity contribution in [1.82, 2.24) is 5.32 Å². The highest BCUT2D eigenvalue weighted by Gasteiger charge is 2.16. The van der Waals surface area contributed by atoms with Gasteiger partial charge in [0.1, 0.15) is 9.84 Å². The van der Waals surface area contributed by atoms with Crippen LogP contribution in [0.25, 0.3) is 0 Å². The molecule has 0 spiro atoms.